The van der Waals surface area contributed by atoms with Crippen molar-refractivity contribution < 1.29 is 46.1 Å². The van der Waals surface area contributed by atoms with Crippen molar-refractivity contribution in [1.82, 2.24) is 10.6 Å². The van der Waals surface area contributed by atoms with E-state index in [1.165, 1.54) is 18.2 Å². The van der Waals surface area contributed by atoms with Gasteiger partial charge in [-0.3, -0.25) is 9.59 Å². The molecule has 0 aromatic heterocycles. The van der Waals surface area contributed by atoms with Crippen molar-refractivity contribution in [2.75, 3.05) is 13.2 Å². The van der Waals surface area contributed by atoms with E-state index >= 15 is 0 Å². The van der Waals surface area contributed by atoms with Gasteiger partial charge in [0.05, 0.1) is 17.2 Å². The number of benzene rings is 2. The Kier molecular flexibility index (Phi) is 7.31. The highest BCUT2D eigenvalue weighted by Crippen LogP contribution is 2.47. The second-order valence-electron chi connectivity index (χ2n) is 9.43. The largest absolute Gasteiger partial charge is 0.484 e. The Morgan fingerprint density at radius 2 is 1.51 bits per heavy atom. The maximum atomic E-state index is 13.3. The number of alkyl halides is 3. The Morgan fingerprint density at radius 3 is 2.11 bits per heavy atom. The lowest BCUT2D eigenvalue weighted by Gasteiger charge is -2.56. The molecule has 2 aromatic carbocycles. The molecular weight excluding hydrogens is 503 g/mol. The van der Waals surface area contributed by atoms with E-state index in [0.717, 1.165) is 24.3 Å². The number of nitrogens with one attached hydrogen (secondary N) is 2. The molecule has 3 N–H and O–H groups in total. The number of aliphatic hydroxyl groups excluding tert-OH is 1. The van der Waals surface area contributed by atoms with Crippen LogP contribution in [0.4, 0.5) is 22.0 Å². The number of hydrogen-bond acceptors (Lipinski definition) is 5. The van der Waals surface area contributed by atoms with E-state index < -0.39 is 65.6 Å². The van der Waals surface area contributed by atoms with Gasteiger partial charge in [-0.15, -0.1) is 0 Å². The van der Waals surface area contributed by atoms with Crippen LogP contribution in [-0.4, -0.2) is 47.3 Å². The van der Waals surface area contributed by atoms with Crippen molar-refractivity contribution in [1.29, 1.82) is 0 Å². The van der Waals surface area contributed by atoms with Crippen LogP contribution in [0.25, 0.3) is 0 Å². The lowest BCUT2D eigenvalue weighted by Crippen LogP contribution is -2.70. The molecule has 0 radical (unpaired) electrons. The highest BCUT2D eigenvalue weighted by molar-refractivity contribution is 5.79. The monoisotopic (exact) mass is 528 g/mol. The Labute approximate surface area is 208 Å². The van der Waals surface area contributed by atoms with Crippen LogP contribution in [0.3, 0.4) is 0 Å². The smallest absolute Gasteiger partial charge is 0.416 e. The van der Waals surface area contributed by atoms with E-state index in [4.69, 9.17) is 9.47 Å². The summed E-state index contributed by atoms with van der Waals surface area (Å²) in [6.45, 7) is -0.962. The first-order valence-electron chi connectivity index (χ1n) is 11.6. The summed E-state index contributed by atoms with van der Waals surface area (Å²) in [4.78, 5) is 25.0. The van der Waals surface area contributed by atoms with Gasteiger partial charge in [0.25, 0.3) is 11.8 Å². The number of hydrogen-bond donors (Lipinski definition) is 3. The second-order valence-corrected chi connectivity index (χ2v) is 9.43. The summed E-state index contributed by atoms with van der Waals surface area (Å²) in [5.41, 5.74) is -2.55. The van der Waals surface area contributed by atoms with Gasteiger partial charge in [0.1, 0.15) is 11.5 Å². The van der Waals surface area contributed by atoms with Crippen molar-refractivity contribution >= 4 is 11.8 Å². The predicted octanol–water partition coefficient (Wildman–Crippen LogP) is 3.49. The number of fused-ring (bicyclic) bond motifs is 3. The third-order valence-corrected chi connectivity index (χ3v) is 6.91. The predicted molar refractivity (Wildman–Crippen MR) is 120 cm³/mol. The molecule has 3 fully saturated rings. The molecule has 3 saturated carbocycles. The van der Waals surface area contributed by atoms with Crippen LogP contribution in [0.1, 0.15) is 37.7 Å². The number of carbonyl (C=O) groups is 2. The number of carbonyl (C=O) groups excluding carboxylic acids is 2. The summed E-state index contributed by atoms with van der Waals surface area (Å²) in [5.74, 6) is -3.33. The van der Waals surface area contributed by atoms with E-state index in [1.807, 2.05) is 0 Å². The third-order valence-electron chi connectivity index (χ3n) is 6.91. The van der Waals surface area contributed by atoms with Gasteiger partial charge >= 0.3 is 6.18 Å². The number of ether oxygens (including phenoxy) is 2. The topological polar surface area (TPSA) is 96.9 Å². The summed E-state index contributed by atoms with van der Waals surface area (Å²) < 4.78 is 75.3. The maximum absolute atomic E-state index is 13.3. The SMILES string of the molecule is O=C(COc1ccc(F)c(F)c1)NC12CCC(NC(=O)COc3cccc(C(F)(F)F)c3)(CC1)[C@@H](O)C2. The van der Waals surface area contributed by atoms with Crippen LogP contribution >= 0.6 is 0 Å². The van der Waals surface area contributed by atoms with Crippen LogP contribution in [-0.2, 0) is 15.8 Å². The van der Waals surface area contributed by atoms with Crippen molar-refractivity contribution in [3.05, 3.63) is 59.7 Å². The van der Waals surface area contributed by atoms with Crippen LogP contribution in [0.2, 0.25) is 0 Å². The molecule has 0 saturated heterocycles. The molecule has 0 spiro atoms. The molecule has 2 aromatic rings. The van der Waals surface area contributed by atoms with E-state index in [-0.39, 0.29) is 17.9 Å². The van der Waals surface area contributed by atoms with E-state index in [2.05, 4.69) is 10.6 Å². The Balaban J connectivity index is 1.28. The first kappa shape index (κ1) is 26.6. The molecule has 3 aliphatic carbocycles. The number of amides is 2. The minimum atomic E-state index is -4.54. The van der Waals surface area contributed by atoms with Crippen molar-refractivity contribution in [3.8, 4) is 11.5 Å². The fourth-order valence-electron chi connectivity index (χ4n) is 4.93. The van der Waals surface area contributed by atoms with E-state index in [0.29, 0.717) is 25.7 Å². The Hall–Kier alpha value is -3.41. The molecule has 0 heterocycles. The summed E-state index contributed by atoms with van der Waals surface area (Å²) in [7, 11) is 0. The van der Waals surface area contributed by atoms with Gasteiger partial charge in [-0.2, -0.15) is 13.2 Å². The van der Waals surface area contributed by atoms with Gasteiger partial charge in [-0.05, 0) is 62.4 Å². The molecule has 2 amide bonds. The molecule has 1 atom stereocenters. The first-order chi connectivity index (χ1) is 17.4. The van der Waals surface area contributed by atoms with Gasteiger partial charge in [-0.25, -0.2) is 8.78 Å². The van der Waals surface area contributed by atoms with Crippen molar-refractivity contribution in [3.63, 3.8) is 0 Å². The van der Waals surface area contributed by atoms with Gasteiger partial charge in [0.2, 0.25) is 0 Å². The zero-order valence-corrected chi connectivity index (χ0v) is 19.5. The van der Waals surface area contributed by atoms with Crippen molar-refractivity contribution in [2.45, 2.75) is 55.5 Å². The average molecular weight is 528 g/mol. The molecule has 12 heteroatoms. The number of halogens is 5. The van der Waals surface area contributed by atoms with Crippen LogP contribution in [0.5, 0.6) is 11.5 Å². The summed E-state index contributed by atoms with van der Waals surface area (Å²) in [6.07, 6.45) is -3.74. The fraction of sp³-hybridized carbons (Fsp3) is 0.440. The number of rotatable bonds is 8. The molecule has 37 heavy (non-hydrogen) atoms. The highest BCUT2D eigenvalue weighted by Gasteiger charge is 2.55. The molecule has 0 unspecified atom stereocenters. The van der Waals surface area contributed by atoms with Gasteiger partial charge in [0, 0.05) is 11.6 Å². The minimum Gasteiger partial charge on any atom is -0.484 e. The molecule has 3 aliphatic rings. The first-order valence-corrected chi connectivity index (χ1v) is 11.6. The van der Waals surface area contributed by atoms with Crippen molar-refractivity contribution in [2.24, 2.45) is 0 Å². The zero-order chi connectivity index (χ0) is 26.8. The van der Waals surface area contributed by atoms with Crippen LogP contribution < -0.4 is 20.1 Å². The van der Waals surface area contributed by atoms with E-state index in [1.54, 1.807) is 0 Å². The quantitative estimate of drug-likeness (QED) is 0.456. The third kappa shape index (κ3) is 6.12. The molecule has 7 nitrogen and oxygen atoms in total. The van der Waals surface area contributed by atoms with E-state index in [9.17, 15) is 36.6 Å². The molecule has 2 bridgehead atoms. The van der Waals surface area contributed by atoms with Crippen LogP contribution in [0.15, 0.2) is 42.5 Å². The lowest BCUT2D eigenvalue weighted by atomic mass is 9.60. The summed E-state index contributed by atoms with van der Waals surface area (Å²) >= 11 is 0. The Morgan fingerprint density at radius 1 is 0.892 bits per heavy atom. The second kappa shape index (κ2) is 10.2. The zero-order valence-electron chi connectivity index (χ0n) is 19.5. The molecule has 0 aliphatic heterocycles. The number of aliphatic hydroxyl groups is 1. The minimum absolute atomic E-state index is 0.00652. The summed E-state index contributed by atoms with van der Waals surface area (Å²) in [6, 6.07) is 7.10. The highest BCUT2D eigenvalue weighted by atomic mass is 19.4. The van der Waals surface area contributed by atoms with Gasteiger partial charge in [0.15, 0.2) is 24.8 Å². The summed E-state index contributed by atoms with van der Waals surface area (Å²) in [5, 5.41) is 16.4. The van der Waals surface area contributed by atoms with Crippen LogP contribution in [0, 0.1) is 11.6 Å². The fourth-order valence-corrected chi connectivity index (χ4v) is 4.93. The van der Waals surface area contributed by atoms with Gasteiger partial charge < -0.3 is 25.2 Å². The lowest BCUT2D eigenvalue weighted by molar-refractivity contribution is -0.138. The maximum Gasteiger partial charge on any atom is 0.416 e. The standard InChI is InChI=1S/C25H25F5N2O5/c26-18-5-4-17(11-19(18)27)37-13-21(34)31-23-6-8-24(9-7-23,20(33)12-23)32-22(35)14-36-16-3-1-2-15(10-16)25(28,29)30/h1-5,10-11,20,33H,6-9,12-14H2,(H,31,34)(H,32,35)/t20-,23?,24?/m0/s1. The van der Waals surface area contributed by atoms with Gasteiger partial charge in [-0.1, -0.05) is 6.07 Å². The Bertz CT molecular complexity index is 1160. The molecule has 5 rings (SSSR count). The normalized spacial score (nSPS) is 24.9. The average Bonchev–Trinajstić information content (AvgIpc) is 2.84. The molecule has 200 valence electrons. The molecular formula is C25H25F5N2O5.